The van der Waals surface area contributed by atoms with E-state index in [1.165, 1.54) is 38.5 Å². The van der Waals surface area contributed by atoms with Gasteiger partial charge in [0.1, 0.15) is 11.3 Å². The zero-order valence-electron chi connectivity index (χ0n) is 19.3. The summed E-state index contributed by atoms with van der Waals surface area (Å²) in [6.07, 6.45) is 19.0. The molecule has 0 saturated carbocycles. The Labute approximate surface area is 186 Å². The van der Waals surface area contributed by atoms with Gasteiger partial charge in [0.05, 0.1) is 24.7 Å². The van der Waals surface area contributed by atoms with E-state index in [1.54, 1.807) is 25.2 Å². The van der Waals surface area contributed by atoms with Crippen LogP contribution in [0.25, 0.3) is 0 Å². The third-order valence-electron chi connectivity index (χ3n) is 5.84. The highest BCUT2D eigenvalue weighted by molar-refractivity contribution is 5.96. The second-order valence-electron chi connectivity index (χ2n) is 8.75. The lowest BCUT2D eigenvalue weighted by Crippen LogP contribution is -2.28. The summed E-state index contributed by atoms with van der Waals surface area (Å²) in [5, 5.41) is 12.5. The summed E-state index contributed by atoms with van der Waals surface area (Å²) in [4.78, 5) is 23.9. The Morgan fingerprint density at radius 1 is 1.19 bits per heavy atom. The largest absolute Gasteiger partial charge is 0.450 e. The molecule has 3 unspecified atom stereocenters. The Bertz CT molecular complexity index is 683. The van der Waals surface area contributed by atoms with Crippen LogP contribution in [0.1, 0.15) is 85.0 Å². The smallest absolute Gasteiger partial charge is 0.355 e. The van der Waals surface area contributed by atoms with E-state index < -0.39 is 23.6 Å². The zero-order valence-corrected chi connectivity index (χ0v) is 19.3. The predicted octanol–water partition coefficient (Wildman–Crippen LogP) is 4.48. The molecule has 1 saturated heterocycles. The van der Waals surface area contributed by atoms with Gasteiger partial charge in [-0.1, -0.05) is 76.7 Å². The van der Waals surface area contributed by atoms with Crippen LogP contribution in [0, 0.1) is 0 Å². The van der Waals surface area contributed by atoms with Crippen molar-refractivity contribution in [3.63, 3.8) is 0 Å². The van der Waals surface area contributed by atoms with Crippen LogP contribution >= 0.6 is 0 Å². The van der Waals surface area contributed by atoms with Crippen LogP contribution < -0.4 is 5.32 Å². The van der Waals surface area contributed by atoms with Gasteiger partial charge in [0.25, 0.3) is 0 Å². The SMILES string of the molecule is CCCCCCCCC1OC1C/C=C/C=C\C(O)CC(=O)NC1=C[C@](C)(CC)OC1=O. The second-order valence-corrected chi connectivity index (χ2v) is 8.75. The van der Waals surface area contributed by atoms with E-state index in [0.717, 1.165) is 12.8 Å². The normalized spacial score (nSPS) is 26.3. The van der Waals surface area contributed by atoms with E-state index >= 15 is 0 Å². The fourth-order valence-corrected chi connectivity index (χ4v) is 3.63. The number of nitrogens with one attached hydrogen (secondary N) is 1. The topological polar surface area (TPSA) is 88.2 Å². The number of unbranched alkanes of at least 4 members (excludes halogenated alkanes) is 5. The Balaban J connectivity index is 1.56. The summed E-state index contributed by atoms with van der Waals surface area (Å²) < 4.78 is 10.9. The van der Waals surface area contributed by atoms with Crippen molar-refractivity contribution in [1.82, 2.24) is 5.32 Å². The summed E-state index contributed by atoms with van der Waals surface area (Å²) in [5.74, 6) is -0.962. The van der Waals surface area contributed by atoms with Gasteiger partial charge in [-0.05, 0) is 32.3 Å². The molecule has 2 N–H and O–H groups in total. The second kappa shape index (κ2) is 12.8. The van der Waals surface area contributed by atoms with Gasteiger partial charge in [-0.15, -0.1) is 0 Å². The molecule has 4 atom stereocenters. The van der Waals surface area contributed by atoms with Gasteiger partial charge in [0.2, 0.25) is 5.91 Å². The molecular weight excluding hydrogens is 394 g/mol. The van der Waals surface area contributed by atoms with Crippen molar-refractivity contribution in [2.75, 3.05) is 0 Å². The molecule has 0 aromatic heterocycles. The number of cyclic esters (lactones) is 1. The molecule has 2 aliphatic rings. The van der Waals surface area contributed by atoms with Crippen LogP contribution in [0.15, 0.2) is 36.1 Å². The Morgan fingerprint density at radius 2 is 1.94 bits per heavy atom. The quantitative estimate of drug-likeness (QED) is 0.172. The summed E-state index contributed by atoms with van der Waals surface area (Å²) >= 11 is 0. The van der Waals surface area contributed by atoms with Crippen LogP contribution in [0.3, 0.4) is 0 Å². The number of ether oxygens (including phenoxy) is 2. The van der Waals surface area contributed by atoms with Crippen molar-refractivity contribution < 1.29 is 24.2 Å². The fourth-order valence-electron chi connectivity index (χ4n) is 3.63. The Hall–Kier alpha value is -1.92. The number of aliphatic hydroxyl groups excluding tert-OH is 1. The zero-order chi connectivity index (χ0) is 22.7. The molecule has 0 aromatic rings. The predicted molar refractivity (Wildman–Crippen MR) is 121 cm³/mol. The molecule has 0 bridgehead atoms. The van der Waals surface area contributed by atoms with Crippen molar-refractivity contribution in [3.8, 4) is 0 Å². The number of aliphatic hydroxyl groups is 1. The minimum Gasteiger partial charge on any atom is -0.450 e. The first-order valence-corrected chi connectivity index (χ1v) is 11.8. The number of hydrogen-bond acceptors (Lipinski definition) is 5. The van der Waals surface area contributed by atoms with E-state index in [2.05, 4.69) is 12.2 Å². The monoisotopic (exact) mass is 433 g/mol. The summed E-state index contributed by atoms with van der Waals surface area (Å²) in [5.41, 5.74) is -0.535. The Morgan fingerprint density at radius 3 is 2.65 bits per heavy atom. The van der Waals surface area contributed by atoms with Crippen molar-refractivity contribution >= 4 is 11.9 Å². The number of esters is 1. The first kappa shape index (κ1) is 25.3. The van der Waals surface area contributed by atoms with Crippen molar-refractivity contribution in [3.05, 3.63) is 36.1 Å². The summed E-state index contributed by atoms with van der Waals surface area (Å²) in [6.45, 7) is 5.93. The maximum Gasteiger partial charge on any atom is 0.355 e. The number of allylic oxidation sites excluding steroid dienone is 2. The number of amides is 1. The maximum absolute atomic E-state index is 12.0. The van der Waals surface area contributed by atoms with Crippen LogP contribution in [-0.2, 0) is 19.1 Å². The standard InChI is InChI=1S/C25H39NO5/c1-4-6-7-8-9-12-15-21-22(30-21)16-13-10-11-14-19(27)17-23(28)26-20-18-25(3,5-2)31-24(20)29/h10-11,13-14,18-19,21-22,27H,4-9,12,15-17H2,1-3H3,(H,26,28)/b13-10+,14-11-/t19?,21?,22?,25-/m0/s1. The minimum absolute atomic E-state index is 0.121. The van der Waals surface area contributed by atoms with Crippen molar-refractivity contribution in [2.45, 2.75) is 109 Å². The molecule has 6 nitrogen and oxygen atoms in total. The molecule has 0 aromatic carbocycles. The van der Waals surface area contributed by atoms with Gasteiger partial charge in [-0.2, -0.15) is 0 Å². The van der Waals surface area contributed by atoms with E-state index in [-0.39, 0.29) is 12.1 Å². The third-order valence-corrected chi connectivity index (χ3v) is 5.84. The molecule has 1 amide bonds. The lowest BCUT2D eigenvalue weighted by Gasteiger charge is -2.17. The van der Waals surface area contributed by atoms with Crippen LogP contribution in [0.4, 0.5) is 0 Å². The molecule has 31 heavy (non-hydrogen) atoms. The average Bonchev–Trinajstić information content (AvgIpc) is 3.40. The number of carbonyl (C=O) groups is 2. The van der Waals surface area contributed by atoms with E-state index in [9.17, 15) is 14.7 Å². The van der Waals surface area contributed by atoms with Gasteiger partial charge >= 0.3 is 5.97 Å². The van der Waals surface area contributed by atoms with Gasteiger partial charge in [0.15, 0.2) is 0 Å². The lowest BCUT2D eigenvalue weighted by atomic mass is 10.0. The number of hydrogen-bond donors (Lipinski definition) is 2. The molecular formula is C25H39NO5. The maximum atomic E-state index is 12.0. The minimum atomic E-state index is -0.919. The molecule has 0 radical (unpaired) electrons. The van der Waals surface area contributed by atoms with Gasteiger partial charge in [-0.3, -0.25) is 4.79 Å². The van der Waals surface area contributed by atoms with Crippen molar-refractivity contribution in [1.29, 1.82) is 0 Å². The first-order valence-electron chi connectivity index (χ1n) is 11.8. The number of carbonyl (C=O) groups excluding carboxylic acids is 2. The third kappa shape index (κ3) is 9.40. The molecule has 174 valence electrons. The molecule has 2 heterocycles. The van der Waals surface area contributed by atoms with E-state index in [1.807, 2.05) is 19.1 Å². The first-order chi connectivity index (χ1) is 14.9. The van der Waals surface area contributed by atoms with Crippen LogP contribution in [-0.4, -0.2) is 40.9 Å². The highest BCUT2D eigenvalue weighted by Crippen LogP contribution is 2.30. The molecule has 2 rings (SSSR count). The van der Waals surface area contributed by atoms with E-state index in [4.69, 9.17) is 9.47 Å². The van der Waals surface area contributed by atoms with Gasteiger partial charge in [-0.25, -0.2) is 4.79 Å². The average molecular weight is 434 g/mol. The Kier molecular flexibility index (Phi) is 10.5. The molecule has 0 aliphatic carbocycles. The van der Waals surface area contributed by atoms with Gasteiger partial charge < -0.3 is 19.9 Å². The van der Waals surface area contributed by atoms with Gasteiger partial charge in [0, 0.05) is 0 Å². The molecule has 1 fully saturated rings. The van der Waals surface area contributed by atoms with E-state index in [0.29, 0.717) is 18.6 Å². The molecule has 2 aliphatic heterocycles. The van der Waals surface area contributed by atoms with Crippen LogP contribution in [0.2, 0.25) is 0 Å². The lowest BCUT2D eigenvalue weighted by molar-refractivity contribution is -0.146. The number of epoxide rings is 1. The summed E-state index contributed by atoms with van der Waals surface area (Å²) in [7, 11) is 0. The highest BCUT2D eigenvalue weighted by atomic mass is 16.6. The molecule has 0 spiro atoms. The molecule has 6 heteroatoms. The number of rotatable bonds is 15. The van der Waals surface area contributed by atoms with Crippen molar-refractivity contribution in [2.24, 2.45) is 0 Å². The summed E-state index contributed by atoms with van der Waals surface area (Å²) in [6, 6.07) is 0. The fraction of sp³-hybridized carbons (Fsp3) is 0.680. The highest BCUT2D eigenvalue weighted by Gasteiger charge is 2.36. The van der Waals surface area contributed by atoms with Crippen LogP contribution in [0.5, 0.6) is 0 Å².